The fraction of sp³-hybridized carbons (Fsp3) is 0.0800. The highest BCUT2D eigenvalue weighted by Crippen LogP contribution is 2.32. The second-order valence-corrected chi connectivity index (χ2v) is 8.05. The molecular weight excluding hydrogens is 486 g/mol. The summed E-state index contributed by atoms with van der Waals surface area (Å²) in [6, 6.07) is 20.2. The van der Waals surface area contributed by atoms with E-state index in [0.717, 1.165) is 9.86 Å². The van der Waals surface area contributed by atoms with E-state index in [2.05, 4.69) is 21.0 Å². The van der Waals surface area contributed by atoms with Crippen LogP contribution in [0, 0.1) is 0 Å². The highest BCUT2D eigenvalue weighted by Gasteiger charge is 2.17. The number of fused-ring (bicyclic) bond motifs is 2. The summed E-state index contributed by atoms with van der Waals surface area (Å²) in [7, 11) is 3.14. The average Bonchev–Trinajstić information content (AvgIpc) is 3.27. The Morgan fingerprint density at radius 2 is 1.76 bits per heavy atom. The van der Waals surface area contributed by atoms with E-state index in [-0.39, 0.29) is 5.56 Å². The molecule has 5 aromatic rings. The highest BCUT2D eigenvalue weighted by atomic mass is 79.9. The Labute approximate surface area is 197 Å². The van der Waals surface area contributed by atoms with Crippen molar-refractivity contribution in [3.63, 3.8) is 0 Å². The average molecular weight is 504 g/mol. The Kier molecular flexibility index (Phi) is 5.43. The van der Waals surface area contributed by atoms with Crippen LogP contribution in [0.1, 0.15) is 5.56 Å². The molecule has 33 heavy (non-hydrogen) atoms. The Morgan fingerprint density at radius 3 is 2.55 bits per heavy atom. The summed E-state index contributed by atoms with van der Waals surface area (Å²) in [5.74, 6) is 1.92. The molecule has 0 unspecified atom stereocenters. The number of hydrogen-bond acceptors (Lipinski definition) is 6. The van der Waals surface area contributed by atoms with Crippen LogP contribution in [-0.2, 0) is 0 Å². The lowest BCUT2D eigenvalue weighted by Crippen LogP contribution is -2.20. The van der Waals surface area contributed by atoms with Crippen LogP contribution in [-0.4, -0.2) is 30.1 Å². The quantitative estimate of drug-likeness (QED) is 0.297. The molecule has 2 heterocycles. The molecule has 0 saturated heterocycles. The third kappa shape index (κ3) is 3.78. The first kappa shape index (κ1) is 21.0. The Hall–Kier alpha value is -3.91. The van der Waals surface area contributed by atoms with Gasteiger partial charge in [0.05, 0.1) is 35.8 Å². The first-order chi connectivity index (χ1) is 16.1. The van der Waals surface area contributed by atoms with Crippen LogP contribution in [0.15, 0.2) is 85.5 Å². The van der Waals surface area contributed by atoms with Crippen molar-refractivity contribution < 1.29 is 13.9 Å². The monoisotopic (exact) mass is 503 g/mol. The Morgan fingerprint density at radius 1 is 1.00 bits per heavy atom. The molecule has 0 bridgehead atoms. The predicted octanol–water partition coefficient (Wildman–Crippen LogP) is 5.47. The topological polar surface area (TPSA) is 78.8 Å². The summed E-state index contributed by atoms with van der Waals surface area (Å²) in [6.07, 6.45) is 1.55. The van der Waals surface area contributed by atoms with Gasteiger partial charge in [0.15, 0.2) is 5.76 Å². The number of aromatic nitrogens is 2. The van der Waals surface area contributed by atoms with Gasteiger partial charge < -0.3 is 13.9 Å². The summed E-state index contributed by atoms with van der Waals surface area (Å²) >= 11 is 3.48. The first-order valence-electron chi connectivity index (χ1n) is 10.1. The number of furan rings is 1. The number of halogens is 1. The minimum atomic E-state index is -0.307. The van der Waals surface area contributed by atoms with Gasteiger partial charge in [0.1, 0.15) is 17.1 Å². The smallest absolute Gasteiger partial charge is 0.282 e. The maximum Gasteiger partial charge on any atom is 0.282 e. The summed E-state index contributed by atoms with van der Waals surface area (Å²) in [4.78, 5) is 18.1. The van der Waals surface area contributed by atoms with Gasteiger partial charge in [-0.1, -0.05) is 30.3 Å². The van der Waals surface area contributed by atoms with Crippen LogP contribution in [0.25, 0.3) is 33.5 Å². The molecule has 164 valence electrons. The number of rotatable bonds is 5. The van der Waals surface area contributed by atoms with Crippen LogP contribution < -0.4 is 15.0 Å². The van der Waals surface area contributed by atoms with E-state index in [1.807, 2.05) is 42.5 Å². The molecule has 0 aliphatic carbocycles. The van der Waals surface area contributed by atoms with Gasteiger partial charge in [0.25, 0.3) is 5.56 Å². The molecule has 2 aromatic heterocycles. The molecule has 0 N–H and O–H groups in total. The summed E-state index contributed by atoms with van der Waals surface area (Å²) in [5.41, 5.74) is 1.61. The number of benzene rings is 3. The molecule has 0 aliphatic rings. The third-order valence-electron chi connectivity index (χ3n) is 5.22. The van der Waals surface area contributed by atoms with Crippen molar-refractivity contribution in [2.24, 2.45) is 5.10 Å². The molecule has 0 spiro atoms. The maximum absolute atomic E-state index is 13.4. The fourth-order valence-corrected chi connectivity index (χ4v) is 4.11. The number of para-hydroxylation sites is 2. The first-order valence-corrected chi connectivity index (χ1v) is 10.8. The highest BCUT2D eigenvalue weighted by molar-refractivity contribution is 9.10. The van der Waals surface area contributed by atoms with Crippen molar-refractivity contribution in [1.29, 1.82) is 0 Å². The van der Waals surface area contributed by atoms with Gasteiger partial charge in [-0.05, 0) is 46.3 Å². The third-order valence-corrected chi connectivity index (χ3v) is 5.84. The Balaban J connectivity index is 1.72. The molecule has 0 amide bonds. The van der Waals surface area contributed by atoms with Gasteiger partial charge in [-0.3, -0.25) is 4.79 Å². The largest absolute Gasteiger partial charge is 0.496 e. The lowest BCUT2D eigenvalue weighted by Gasteiger charge is -2.10. The zero-order chi connectivity index (χ0) is 22.9. The number of hydrogen-bond donors (Lipinski definition) is 0. The molecule has 0 atom stereocenters. The van der Waals surface area contributed by atoms with Crippen LogP contribution in [0.5, 0.6) is 11.5 Å². The van der Waals surface area contributed by atoms with Crippen molar-refractivity contribution in [2.75, 3.05) is 14.2 Å². The summed E-state index contributed by atoms with van der Waals surface area (Å²) in [6.45, 7) is 0. The van der Waals surface area contributed by atoms with Gasteiger partial charge >= 0.3 is 0 Å². The van der Waals surface area contributed by atoms with E-state index in [1.165, 1.54) is 4.68 Å². The van der Waals surface area contributed by atoms with Crippen molar-refractivity contribution in [3.05, 3.63) is 87.1 Å². The van der Waals surface area contributed by atoms with Crippen LogP contribution in [0.2, 0.25) is 0 Å². The van der Waals surface area contributed by atoms with Crippen LogP contribution in [0.4, 0.5) is 0 Å². The van der Waals surface area contributed by atoms with Crippen molar-refractivity contribution in [2.45, 2.75) is 0 Å². The van der Waals surface area contributed by atoms with Gasteiger partial charge in [-0.2, -0.15) is 9.78 Å². The molecule has 5 rings (SSSR count). The SMILES string of the molecule is COc1cc(OC)c(C=Nn2c(-c3cc4ccccc4o3)nc3ccccc3c2=O)cc1Br. The number of ether oxygens (including phenoxy) is 2. The lowest BCUT2D eigenvalue weighted by molar-refractivity contribution is 0.392. The minimum absolute atomic E-state index is 0.303. The van der Waals surface area contributed by atoms with E-state index in [0.29, 0.717) is 45.1 Å². The van der Waals surface area contributed by atoms with Gasteiger partial charge in [-0.15, -0.1) is 0 Å². The van der Waals surface area contributed by atoms with Crippen molar-refractivity contribution in [1.82, 2.24) is 9.66 Å². The van der Waals surface area contributed by atoms with E-state index in [1.54, 1.807) is 44.7 Å². The van der Waals surface area contributed by atoms with Gasteiger partial charge in [0.2, 0.25) is 5.82 Å². The van der Waals surface area contributed by atoms with E-state index >= 15 is 0 Å². The zero-order valence-electron chi connectivity index (χ0n) is 17.8. The molecule has 8 heteroatoms. The molecule has 0 aliphatic heterocycles. The normalized spacial score (nSPS) is 11.5. The molecule has 3 aromatic carbocycles. The second-order valence-electron chi connectivity index (χ2n) is 7.19. The van der Waals surface area contributed by atoms with Crippen LogP contribution >= 0.6 is 15.9 Å². The van der Waals surface area contributed by atoms with E-state index in [4.69, 9.17) is 18.9 Å². The molecular formula is C25H18BrN3O4. The fourth-order valence-electron chi connectivity index (χ4n) is 3.59. The molecule has 7 nitrogen and oxygen atoms in total. The second kappa shape index (κ2) is 8.55. The van der Waals surface area contributed by atoms with Gasteiger partial charge in [-0.25, -0.2) is 4.98 Å². The van der Waals surface area contributed by atoms with Crippen molar-refractivity contribution in [3.8, 4) is 23.1 Å². The molecule has 0 radical (unpaired) electrons. The van der Waals surface area contributed by atoms with Gasteiger partial charge in [0, 0.05) is 17.0 Å². The number of nitrogens with zero attached hydrogens (tertiary/aromatic N) is 3. The molecule has 0 fully saturated rings. The zero-order valence-corrected chi connectivity index (χ0v) is 19.4. The molecule has 0 saturated carbocycles. The Bertz CT molecular complexity index is 1550. The maximum atomic E-state index is 13.4. The minimum Gasteiger partial charge on any atom is -0.496 e. The van der Waals surface area contributed by atoms with Crippen LogP contribution in [0.3, 0.4) is 0 Å². The van der Waals surface area contributed by atoms with E-state index < -0.39 is 0 Å². The number of methoxy groups -OCH3 is 2. The predicted molar refractivity (Wildman–Crippen MR) is 131 cm³/mol. The van der Waals surface area contributed by atoms with E-state index in [9.17, 15) is 4.79 Å². The lowest BCUT2D eigenvalue weighted by atomic mass is 10.2. The summed E-state index contributed by atoms with van der Waals surface area (Å²) in [5, 5.41) is 5.86. The van der Waals surface area contributed by atoms with Crippen molar-refractivity contribution >= 4 is 44.0 Å². The standard InChI is InChI=1S/C25H18BrN3O4/c1-31-21-13-22(32-2)18(26)11-16(21)14-27-29-24(23-12-15-7-3-6-10-20(15)33-23)28-19-9-5-4-8-17(19)25(29)30/h3-14H,1-2H3. The summed E-state index contributed by atoms with van der Waals surface area (Å²) < 4.78 is 18.8.